The highest BCUT2D eigenvalue weighted by molar-refractivity contribution is 7.90. The summed E-state index contributed by atoms with van der Waals surface area (Å²) in [7, 11) is -3.53. The maximum Gasteiger partial charge on any atom is 0.229 e. The number of sulfone groups is 1. The van der Waals surface area contributed by atoms with Gasteiger partial charge in [-0.2, -0.15) is 0 Å². The van der Waals surface area contributed by atoms with Gasteiger partial charge in [-0.05, 0) is 51.8 Å². The summed E-state index contributed by atoms with van der Waals surface area (Å²) in [5.74, 6) is -0.520. The van der Waals surface area contributed by atoms with Crippen molar-refractivity contribution in [2.45, 2.75) is 63.4 Å². The van der Waals surface area contributed by atoms with Crippen LogP contribution in [0.15, 0.2) is 29.4 Å². The second-order valence-corrected chi connectivity index (χ2v) is 10.5. The predicted molar refractivity (Wildman–Crippen MR) is 122 cm³/mol. The number of carbonyl (C=O) groups is 1. The number of aromatic nitrogens is 2. The lowest BCUT2D eigenvalue weighted by atomic mass is 10.1. The predicted octanol–water partition coefficient (Wildman–Crippen LogP) is 3.30. The highest BCUT2D eigenvalue weighted by Crippen LogP contribution is 2.31. The number of hydrogen-bond donors (Lipinski definition) is 0. The fourth-order valence-electron chi connectivity index (χ4n) is 3.67. The summed E-state index contributed by atoms with van der Waals surface area (Å²) in [5, 5.41) is 0. The molecule has 1 aliphatic heterocycles. The molecule has 0 radical (unpaired) electrons. The van der Waals surface area contributed by atoms with Gasteiger partial charge in [-0.1, -0.05) is 0 Å². The first-order chi connectivity index (χ1) is 16.1. The van der Waals surface area contributed by atoms with Crippen molar-refractivity contribution in [3.8, 4) is 17.5 Å². The number of piperidine rings is 1. The highest BCUT2D eigenvalue weighted by atomic mass is 32.2. The van der Waals surface area contributed by atoms with Crippen molar-refractivity contribution in [1.82, 2.24) is 14.9 Å². The molecule has 0 spiro atoms. The molecule has 0 bridgehead atoms. The van der Waals surface area contributed by atoms with Crippen LogP contribution in [0.4, 0.5) is 4.39 Å². The molecule has 1 saturated heterocycles. The smallest absolute Gasteiger partial charge is 0.229 e. The van der Waals surface area contributed by atoms with E-state index in [9.17, 15) is 17.6 Å². The molecule has 0 amide bonds. The Morgan fingerprint density at radius 3 is 2.47 bits per heavy atom. The van der Waals surface area contributed by atoms with Gasteiger partial charge in [-0.3, -0.25) is 4.90 Å². The van der Waals surface area contributed by atoms with Crippen molar-refractivity contribution in [1.29, 1.82) is 0 Å². The average molecular weight is 496 g/mol. The first kappa shape index (κ1) is 26.0. The molecule has 1 aliphatic rings. The molecule has 1 aromatic heterocycles. The van der Waals surface area contributed by atoms with E-state index in [1.807, 2.05) is 13.8 Å². The molecule has 3 rings (SSSR count). The zero-order valence-corrected chi connectivity index (χ0v) is 20.5. The van der Waals surface area contributed by atoms with Crippen LogP contribution < -0.4 is 9.47 Å². The molecule has 2 aromatic rings. The lowest BCUT2D eigenvalue weighted by Gasteiger charge is -2.37. The summed E-state index contributed by atoms with van der Waals surface area (Å²) in [6.07, 6.45) is 4.58. The minimum Gasteiger partial charge on any atom is -0.474 e. The third kappa shape index (κ3) is 6.71. The molecule has 1 unspecified atom stereocenters. The summed E-state index contributed by atoms with van der Waals surface area (Å²) in [5.41, 5.74) is 0.499. The molecule has 1 aromatic carbocycles. The molecule has 0 aliphatic carbocycles. The Labute approximate surface area is 199 Å². The van der Waals surface area contributed by atoms with Crippen LogP contribution in [-0.4, -0.2) is 67.4 Å². The largest absolute Gasteiger partial charge is 0.474 e. The Morgan fingerprint density at radius 2 is 1.88 bits per heavy atom. The Hall–Kier alpha value is -2.63. The summed E-state index contributed by atoms with van der Waals surface area (Å²) in [4.78, 5) is 21.3. The van der Waals surface area contributed by atoms with E-state index in [1.165, 1.54) is 18.5 Å². The molecular formula is C23H30FN3O6S. The molecule has 1 atom stereocenters. The topological polar surface area (TPSA) is 108 Å². The quantitative estimate of drug-likeness (QED) is 0.459. The van der Waals surface area contributed by atoms with E-state index >= 15 is 0 Å². The number of rotatable bonds is 10. The molecular weight excluding hydrogens is 465 g/mol. The normalized spacial score (nSPS) is 16.4. The minimum atomic E-state index is -3.53. The van der Waals surface area contributed by atoms with Crippen molar-refractivity contribution in [2.75, 3.05) is 19.3 Å². The monoisotopic (exact) mass is 495 g/mol. The zero-order valence-electron chi connectivity index (χ0n) is 19.7. The van der Waals surface area contributed by atoms with Crippen LogP contribution in [0.3, 0.4) is 0 Å². The Balaban J connectivity index is 1.65. The molecule has 0 saturated carbocycles. The fraction of sp³-hybridized carbons (Fsp3) is 0.522. The van der Waals surface area contributed by atoms with Gasteiger partial charge in [0.05, 0.1) is 16.6 Å². The number of carbonyl (C=O) groups excluding carboxylic acids is 1. The number of nitrogens with zero attached hydrogens (tertiary/aromatic N) is 3. The van der Waals surface area contributed by atoms with Crippen molar-refractivity contribution in [2.24, 2.45) is 0 Å². The molecule has 186 valence electrons. The van der Waals surface area contributed by atoms with Crippen molar-refractivity contribution in [3.63, 3.8) is 0 Å². The Morgan fingerprint density at radius 1 is 1.21 bits per heavy atom. The van der Waals surface area contributed by atoms with Gasteiger partial charge < -0.3 is 19.0 Å². The third-order valence-corrected chi connectivity index (χ3v) is 6.53. The van der Waals surface area contributed by atoms with Crippen LogP contribution in [0.2, 0.25) is 0 Å². The first-order valence-corrected chi connectivity index (χ1v) is 13.0. The number of halogens is 1. The summed E-state index contributed by atoms with van der Waals surface area (Å²) in [6, 6.07) is 3.43. The van der Waals surface area contributed by atoms with Gasteiger partial charge in [0.25, 0.3) is 0 Å². The van der Waals surface area contributed by atoms with E-state index in [4.69, 9.17) is 14.2 Å². The van der Waals surface area contributed by atoms with Gasteiger partial charge in [-0.15, -0.1) is 0 Å². The van der Waals surface area contributed by atoms with Gasteiger partial charge in [-0.25, -0.2) is 22.8 Å². The number of hydrogen-bond acceptors (Lipinski definition) is 9. The van der Waals surface area contributed by atoms with Crippen molar-refractivity contribution in [3.05, 3.63) is 35.9 Å². The summed E-state index contributed by atoms with van der Waals surface area (Å²) >= 11 is 0. The summed E-state index contributed by atoms with van der Waals surface area (Å²) in [6.45, 7) is 7.01. The van der Waals surface area contributed by atoms with E-state index < -0.39 is 15.7 Å². The van der Waals surface area contributed by atoms with E-state index in [0.29, 0.717) is 31.0 Å². The summed E-state index contributed by atoms with van der Waals surface area (Å²) < 4.78 is 55.2. The number of likely N-dealkylation sites (tertiary alicyclic amines) is 1. The lowest BCUT2D eigenvalue weighted by molar-refractivity contribution is -0.125. The number of aldehydes is 1. The van der Waals surface area contributed by atoms with Crippen LogP contribution in [0, 0.1) is 12.7 Å². The van der Waals surface area contributed by atoms with Crippen molar-refractivity contribution >= 4 is 16.1 Å². The minimum absolute atomic E-state index is 0.0217. The standard InChI is InChI=1S/C23H30FN3O6S/c1-15(2)31-21(9-12-28)27-10-7-17(8-11-27)32-22-16(3)23(26-14-25-22)33-20-6-5-18(13-19(20)24)34(4,29)30/h5-6,12-15,17,21H,7-11H2,1-4H3. The van der Waals surface area contributed by atoms with Crippen LogP contribution in [-0.2, 0) is 19.4 Å². The van der Waals surface area contributed by atoms with E-state index in [2.05, 4.69) is 14.9 Å². The SMILES string of the molecule is Cc1c(Oc2ccc(S(C)(=O)=O)cc2F)ncnc1OC1CCN(C(CC=O)OC(C)C)CC1. The molecule has 11 heteroatoms. The second-order valence-electron chi connectivity index (χ2n) is 8.47. The van der Waals surface area contributed by atoms with Gasteiger partial charge in [0.2, 0.25) is 11.8 Å². The zero-order chi connectivity index (χ0) is 24.9. The molecule has 34 heavy (non-hydrogen) atoms. The lowest BCUT2D eigenvalue weighted by Crippen LogP contribution is -2.46. The molecule has 9 nitrogen and oxygen atoms in total. The van der Waals surface area contributed by atoms with Crippen LogP contribution in [0.1, 0.15) is 38.7 Å². The average Bonchev–Trinajstić information content (AvgIpc) is 2.77. The van der Waals surface area contributed by atoms with Gasteiger partial charge >= 0.3 is 0 Å². The molecule has 1 fully saturated rings. The maximum atomic E-state index is 14.4. The highest BCUT2D eigenvalue weighted by Gasteiger charge is 2.28. The fourth-order valence-corrected chi connectivity index (χ4v) is 4.30. The molecule has 2 heterocycles. The molecule has 0 N–H and O–H groups in total. The van der Waals surface area contributed by atoms with Crippen LogP contribution in [0.5, 0.6) is 17.5 Å². The second kappa shape index (κ2) is 11.2. The number of ether oxygens (including phenoxy) is 3. The van der Waals surface area contributed by atoms with E-state index in [0.717, 1.165) is 31.4 Å². The van der Waals surface area contributed by atoms with Crippen LogP contribution in [0.25, 0.3) is 0 Å². The van der Waals surface area contributed by atoms with Crippen molar-refractivity contribution < 1.29 is 31.8 Å². The first-order valence-electron chi connectivity index (χ1n) is 11.1. The third-order valence-electron chi connectivity index (χ3n) is 5.42. The van der Waals surface area contributed by atoms with Crippen LogP contribution >= 0.6 is 0 Å². The maximum absolute atomic E-state index is 14.4. The number of benzene rings is 1. The van der Waals surface area contributed by atoms with Gasteiger partial charge in [0, 0.05) is 25.8 Å². The van der Waals surface area contributed by atoms with E-state index in [1.54, 1.807) is 6.92 Å². The Bertz CT molecular complexity index is 1100. The van der Waals surface area contributed by atoms with E-state index in [-0.39, 0.29) is 35.0 Å². The van der Waals surface area contributed by atoms with Gasteiger partial charge in [0.15, 0.2) is 21.4 Å². The van der Waals surface area contributed by atoms with Gasteiger partial charge in [0.1, 0.15) is 24.9 Å². The Kier molecular flexibility index (Phi) is 8.56.